The smallest absolute Gasteiger partial charge is 0.311 e. The van der Waals surface area contributed by atoms with E-state index in [0.29, 0.717) is 46.1 Å². The first-order chi connectivity index (χ1) is 24.1. The van der Waals surface area contributed by atoms with Crippen molar-refractivity contribution in [2.75, 3.05) is 121 Å². The van der Waals surface area contributed by atoms with Crippen molar-refractivity contribution < 1.29 is 71.3 Å². The van der Waals surface area contributed by atoms with E-state index in [0.717, 1.165) is 0 Å². The van der Waals surface area contributed by atoms with Crippen molar-refractivity contribution in [2.45, 2.75) is 67.2 Å². The third kappa shape index (κ3) is 19.3. The summed E-state index contributed by atoms with van der Waals surface area (Å²) in [6.07, 6.45) is 0.162. The molecule has 0 rings (SSSR count). The molecule has 0 heterocycles. The number of methoxy groups -OCH3 is 4. The third-order valence-corrected chi connectivity index (χ3v) is 8.40. The standard InChI is InChI=1S/C36H66O15/c1-11-34(4,30(38)49-22-13-42-8)27-36(6,32(40)51-24-15-44-10)28-35(5,31(39)50-23-14-43-9)26-33(2,3)29(37)48-25-21-47-20-19-46-18-17-45-16-12-41-7/h11-28H2,1-10H3. The lowest BCUT2D eigenvalue weighted by Gasteiger charge is -2.42. The lowest BCUT2D eigenvalue weighted by molar-refractivity contribution is -0.173. The molecule has 0 bridgehead atoms. The maximum absolute atomic E-state index is 13.9. The number of esters is 4. The van der Waals surface area contributed by atoms with E-state index < -0.39 is 45.5 Å². The van der Waals surface area contributed by atoms with Crippen LogP contribution in [0.4, 0.5) is 0 Å². The van der Waals surface area contributed by atoms with Gasteiger partial charge in [0.1, 0.15) is 26.4 Å². The summed E-state index contributed by atoms with van der Waals surface area (Å²) in [6.45, 7) is 13.3. The predicted molar refractivity (Wildman–Crippen MR) is 186 cm³/mol. The largest absolute Gasteiger partial charge is 0.463 e. The molecule has 0 N–H and O–H groups in total. The second kappa shape index (κ2) is 26.4. The Bertz CT molecular complexity index is 990. The van der Waals surface area contributed by atoms with Crippen molar-refractivity contribution in [1.29, 1.82) is 0 Å². The van der Waals surface area contributed by atoms with Gasteiger partial charge < -0.3 is 52.1 Å². The summed E-state index contributed by atoms with van der Waals surface area (Å²) >= 11 is 0. The molecule has 0 aromatic carbocycles. The average Bonchev–Trinajstić information content (AvgIpc) is 3.08. The summed E-state index contributed by atoms with van der Waals surface area (Å²) < 4.78 is 58.6. The quantitative estimate of drug-likeness (QED) is 0.0559. The molecule has 0 saturated heterocycles. The van der Waals surface area contributed by atoms with E-state index in [4.69, 9.17) is 52.1 Å². The van der Waals surface area contributed by atoms with Gasteiger partial charge in [-0.05, 0) is 60.3 Å². The van der Waals surface area contributed by atoms with Crippen molar-refractivity contribution in [3.8, 4) is 0 Å². The molecule has 0 aromatic heterocycles. The van der Waals surface area contributed by atoms with Gasteiger partial charge in [0.2, 0.25) is 0 Å². The zero-order valence-electron chi connectivity index (χ0n) is 32.9. The minimum Gasteiger partial charge on any atom is -0.463 e. The van der Waals surface area contributed by atoms with E-state index in [9.17, 15) is 19.2 Å². The Morgan fingerprint density at radius 2 is 0.647 bits per heavy atom. The summed E-state index contributed by atoms with van der Waals surface area (Å²) in [4.78, 5) is 54.5. The number of hydrogen-bond donors (Lipinski definition) is 0. The molecule has 15 heteroatoms. The first-order valence-corrected chi connectivity index (χ1v) is 17.5. The molecule has 15 nitrogen and oxygen atoms in total. The Kier molecular flexibility index (Phi) is 25.1. The van der Waals surface area contributed by atoms with Gasteiger partial charge in [0.05, 0.1) is 87.7 Å². The predicted octanol–water partition coefficient (Wildman–Crippen LogP) is 3.42. The Balaban J connectivity index is 5.94. The highest BCUT2D eigenvalue weighted by Gasteiger charge is 2.53. The van der Waals surface area contributed by atoms with Gasteiger partial charge in [-0.3, -0.25) is 19.2 Å². The van der Waals surface area contributed by atoms with Crippen LogP contribution in [0, 0.1) is 21.7 Å². The van der Waals surface area contributed by atoms with Crippen LogP contribution in [0.15, 0.2) is 0 Å². The third-order valence-electron chi connectivity index (χ3n) is 8.40. The zero-order chi connectivity index (χ0) is 38.8. The molecule has 3 atom stereocenters. The maximum Gasteiger partial charge on any atom is 0.311 e. The van der Waals surface area contributed by atoms with E-state index in [2.05, 4.69) is 0 Å². The normalized spacial score (nSPS) is 15.3. The molecule has 0 aliphatic rings. The summed E-state index contributed by atoms with van der Waals surface area (Å²) in [6, 6.07) is 0. The summed E-state index contributed by atoms with van der Waals surface area (Å²) in [5.74, 6) is -2.33. The van der Waals surface area contributed by atoms with E-state index in [1.54, 1.807) is 41.7 Å². The van der Waals surface area contributed by atoms with Crippen LogP contribution >= 0.6 is 0 Å². The van der Waals surface area contributed by atoms with Crippen LogP contribution in [0.5, 0.6) is 0 Å². The first-order valence-electron chi connectivity index (χ1n) is 17.5. The van der Waals surface area contributed by atoms with E-state index in [1.807, 2.05) is 6.92 Å². The molecular weight excluding hydrogens is 672 g/mol. The molecule has 3 unspecified atom stereocenters. The van der Waals surface area contributed by atoms with Crippen molar-refractivity contribution >= 4 is 23.9 Å². The Morgan fingerprint density at radius 1 is 0.373 bits per heavy atom. The van der Waals surface area contributed by atoms with E-state index in [-0.39, 0.29) is 72.1 Å². The van der Waals surface area contributed by atoms with Crippen molar-refractivity contribution in [2.24, 2.45) is 21.7 Å². The lowest BCUT2D eigenvalue weighted by atomic mass is 9.61. The van der Waals surface area contributed by atoms with Gasteiger partial charge in [0.25, 0.3) is 0 Å². The second-order valence-corrected chi connectivity index (χ2v) is 13.8. The monoisotopic (exact) mass is 738 g/mol. The first kappa shape index (κ1) is 48.6. The number of carbonyl (C=O) groups excluding carboxylic acids is 4. The maximum atomic E-state index is 13.9. The second-order valence-electron chi connectivity index (χ2n) is 13.8. The van der Waals surface area contributed by atoms with Crippen molar-refractivity contribution in [1.82, 2.24) is 0 Å². The minimum atomic E-state index is -1.42. The van der Waals surface area contributed by atoms with Crippen LogP contribution in [0.25, 0.3) is 0 Å². The Morgan fingerprint density at radius 3 is 1.04 bits per heavy atom. The fraction of sp³-hybridized carbons (Fsp3) is 0.889. The Hall–Kier alpha value is -2.40. The number of rotatable bonds is 32. The zero-order valence-corrected chi connectivity index (χ0v) is 32.9. The molecular formula is C36H66O15. The van der Waals surface area contributed by atoms with Gasteiger partial charge in [0.15, 0.2) is 0 Å². The Labute approximate surface area is 304 Å². The van der Waals surface area contributed by atoms with Gasteiger partial charge in [0, 0.05) is 28.4 Å². The highest BCUT2D eigenvalue weighted by molar-refractivity contribution is 5.84. The highest BCUT2D eigenvalue weighted by Crippen LogP contribution is 2.49. The van der Waals surface area contributed by atoms with Gasteiger partial charge in [-0.25, -0.2) is 0 Å². The molecule has 0 fully saturated rings. The average molecular weight is 739 g/mol. The van der Waals surface area contributed by atoms with Crippen LogP contribution in [0.3, 0.4) is 0 Å². The van der Waals surface area contributed by atoms with Crippen LogP contribution in [0.1, 0.15) is 67.2 Å². The topological polar surface area (TPSA) is 170 Å². The van der Waals surface area contributed by atoms with Crippen molar-refractivity contribution in [3.05, 3.63) is 0 Å². The van der Waals surface area contributed by atoms with Crippen molar-refractivity contribution in [3.63, 3.8) is 0 Å². The van der Waals surface area contributed by atoms with Gasteiger partial charge >= 0.3 is 23.9 Å². The SMILES string of the molecule is CCC(C)(CC(C)(CC(C)(CC(C)(C)C(=O)OCCOCCOCCOCCOC)C(=O)OCCOC)C(=O)OCCOC)C(=O)OCCOC. The molecule has 0 saturated carbocycles. The number of carbonyl (C=O) groups is 4. The highest BCUT2D eigenvalue weighted by atomic mass is 16.6. The van der Waals surface area contributed by atoms with Crippen LogP contribution < -0.4 is 0 Å². The molecule has 0 spiro atoms. The minimum absolute atomic E-state index is 0.0121. The number of ether oxygens (including phenoxy) is 11. The van der Waals surface area contributed by atoms with Gasteiger partial charge in [-0.1, -0.05) is 6.92 Å². The molecule has 300 valence electrons. The van der Waals surface area contributed by atoms with Gasteiger partial charge in [-0.2, -0.15) is 0 Å². The summed E-state index contributed by atoms with van der Waals surface area (Å²) in [5.41, 5.74) is -5.14. The molecule has 0 amide bonds. The van der Waals surface area contributed by atoms with Crippen LogP contribution in [-0.2, 0) is 71.3 Å². The fourth-order valence-electron chi connectivity index (χ4n) is 5.77. The lowest BCUT2D eigenvalue weighted by Crippen LogP contribution is -2.47. The fourth-order valence-corrected chi connectivity index (χ4v) is 5.77. The molecule has 0 aromatic rings. The summed E-state index contributed by atoms with van der Waals surface area (Å²) in [5, 5.41) is 0. The summed E-state index contributed by atoms with van der Waals surface area (Å²) in [7, 11) is 6.07. The molecule has 0 aliphatic carbocycles. The molecule has 0 radical (unpaired) electrons. The number of hydrogen-bond acceptors (Lipinski definition) is 15. The van der Waals surface area contributed by atoms with Gasteiger partial charge in [-0.15, -0.1) is 0 Å². The molecule has 51 heavy (non-hydrogen) atoms. The molecule has 0 aliphatic heterocycles. The van der Waals surface area contributed by atoms with E-state index >= 15 is 0 Å². The van der Waals surface area contributed by atoms with Crippen LogP contribution in [-0.4, -0.2) is 145 Å². The van der Waals surface area contributed by atoms with E-state index in [1.165, 1.54) is 21.3 Å². The van der Waals surface area contributed by atoms with Crippen LogP contribution in [0.2, 0.25) is 0 Å².